The van der Waals surface area contributed by atoms with E-state index in [1.165, 1.54) is 7.11 Å². The Morgan fingerprint density at radius 2 is 2.22 bits per heavy atom. The Hall–Kier alpha value is -1.56. The van der Waals surface area contributed by atoms with E-state index in [1.54, 1.807) is 4.68 Å². The van der Waals surface area contributed by atoms with Gasteiger partial charge in [0.1, 0.15) is 5.82 Å². The molecule has 0 unspecified atom stereocenters. The Balaban J connectivity index is 2.41. The highest BCUT2D eigenvalue weighted by atomic mass is 16.5. The summed E-state index contributed by atoms with van der Waals surface area (Å²) in [6, 6.07) is 0. The Morgan fingerprint density at radius 3 is 2.78 bits per heavy atom. The summed E-state index contributed by atoms with van der Waals surface area (Å²) in [5.41, 5.74) is 7.27. The third-order valence-corrected chi connectivity index (χ3v) is 3.34. The van der Waals surface area contributed by atoms with Crippen LogP contribution in [0.1, 0.15) is 41.7 Å². The molecule has 1 aliphatic rings. The molecule has 6 heteroatoms. The zero-order chi connectivity index (χ0) is 13.1. The highest BCUT2D eigenvalue weighted by molar-refractivity contribution is 5.90. The maximum Gasteiger partial charge on any atom is 0.358 e. The summed E-state index contributed by atoms with van der Waals surface area (Å²) in [4.78, 5) is 11.8. The molecule has 0 aromatic carbocycles. The van der Waals surface area contributed by atoms with Gasteiger partial charge in [0.05, 0.1) is 7.11 Å². The molecule has 2 heterocycles. The molecule has 100 valence electrons. The number of rotatable bonds is 3. The molecule has 0 amide bonds. The monoisotopic (exact) mass is 253 g/mol. The minimum absolute atomic E-state index is 0.230. The molecular weight excluding hydrogens is 234 g/mol. The summed E-state index contributed by atoms with van der Waals surface area (Å²) in [7, 11) is 1.36. The second kappa shape index (κ2) is 5.39. The molecule has 6 nitrogen and oxygen atoms in total. The van der Waals surface area contributed by atoms with Crippen LogP contribution in [0.4, 0.5) is 5.82 Å². The summed E-state index contributed by atoms with van der Waals surface area (Å²) in [5, 5.41) is 4.25. The second-order valence-electron chi connectivity index (χ2n) is 4.34. The smallest absolute Gasteiger partial charge is 0.358 e. The summed E-state index contributed by atoms with van der Waals surface area (Å²) in [6.45, 7) is 3.97. The van der Waals surface area contributed by atoms with Crippen LogP contribution in [-0.2, 0) is 16.0 Å². The standard InChI is InChI=1S/C12H19N3O3/c1-3-15-11(13)9(8-4-6-18-7-5-8)10(14-15)12(16)17-2/h8H,3-7,13H2,1-2H3. The predicted molar refractivity (Wildman–Crippen MR) is 66.4 cm³/mol. The lowest BCUT2D eigenvalue weighted by Crippen LogP contribution is -2.17. The largest absolute Gasteiger partial charge is 0.464 e. The number of nitrogens with zero attached hydrogens (tertiary/aromatic N) is 2. The average Bonchev–Trinajstić information content (AvgIpc) is 2.75. The van der Waals surface area contributed by atoms with E-state index in [2.05, 4.69) is 5.10 Å². The topological polar surface area (TPSA) is 79.4 Å². The normalized spacial score (nSPS) is 16.8. The highest BCUT2D eigenvalue weighted by Gasteiger charge is 2.29. The molecule has 0 saturated carbocycles. The van der Waals surface area contributed by atoms with Crippen LogP contribution in [0.2, 0.25) is 0 Å². The van der Waals surface area contributed by atoms with E-state index in [1.807, 2.05) is 6.92 Å². The van der Waals surface area contributed by atoms with Gasteiger partial charge < -0.3 is 15.2 Å². The minimum atomic E-state index is -0.421. The number of methoxy groups -OCH3 is 1. The number of esters is 1. The van der Waals surface area contributed by atoms with Gasteiger partial charge in [0.25, 0.3) is 0 Å². The van der Waals surface area contributed by atoms with Crippen molar-refractivity contribution in [1.29, 1.82) is 0 Å². The molecule has 1 aromatic rings. The molecule has 0 aliphatic carbocycles. The summed E-state index contributed by atoms with van der Waals surface area (Å²) >= 11 is 0. The molecule has 2 rings (SSSR count). The van der Waals surface area contributed by atoms with Gasteiger partial charge in [0.15, 0.2) is 5.69 Å². The lowest BCUT2D eigenvalue weighted by atomic mass is 9.91. The third-order valence-electron chi connectivity index (χ3n) is 3.34. The highest BCUT2D eigenvalue weighted by Crippen LogP contribution is 2.33. The fourth-order valence-corrected chi connectivity index (χ4v) is 2.37. The van der Waals surface area contributed by atoms with Crippen LogP contribution in [0.15, 0.2) is 0 Å². The summed E-state index contributed by atoms with van der Waals surface area (Å²) in [5.74, 6) is 0.383. The van der Waals surface area contributed by atoms with E-state index < -0.39 is 5.97 Å². The number of aryl methyl sites for hydroxylation is 1. The van der Waals surface area contributed by atoms with E-state index in [9.17, 15) is 4.79 Å². The lowest BCUT2D eigenvalue weighted by molar-refractivity contribution is 0.0585. The number of aromatic nitrogens is 2. The van der Waals surface area contributed by atoms with Gasteiger partial charge in [0, 0.05) is 25.3 Å². The van der Waals surface area contributed by atoms with Crippen LogP contribution in [0.5, 0.6) is 0 Å². The molecule has 0 bridgehead atoms. The molecule has 1 saturated heterocycles. The number of hydrogen-bond acceptors (Lipinski definition) is 5. The molecular formula is C12H19N3O3. The lowest BCUT2D eigenvalue weighted by Gasteiger charge is -2.22. The van der Waals surface area contributed by atoms with Crippen molar-refractivity contribution in [2.45, 2.75) is 32.2 Å². The van der Waals surface area contributed by atoms with Crippen LogP contribution in [0.3, 0.4) is 0 Å². The maximum atomic E-state index is 11.8. The van der Waals surface area contributed by atoms with E-state index in [-0.39, 0.29) is 5.92 Å². The van der Waals surface area contributed by atoms with Crippen molar-refractivity contribution in [2.24, 2.45) is 0 Å². The van der Waals surface area contributed by atoms with Crippen LogP contribution >= 0.6 is 0 Å². The first-order chi connectivity index (χ1) is 8.69. The number of carbonyl (C=O) groups excluding carboxylic acids is 1. The van der Waals surface area contributed by atoms with Gasteiger partial charge in [-0.05, 0) is 25.7 Å². The minimum Gasteiger partial charge on any atom is -0.464 e. The van der Waals surface area contributed by atoms with Crippen molar-refractivity contribution in [1.82, 2.24) is 9.78 Å². The van der Waals surface area contributed by atoms with Crippen LogP contribution in [0.25, 0.3) is 0 Å². The summed E-state index contributed by atoms with van der Waals surface area (Å²) in [6.07, 6.45) is 1.73. The van der Waals surface area contributed by atoms with Crippen molar-refractivity contribution in [3.05, 3.63) is 11.3 Å². The van der Waals surface area contributed by atoms with Crippen LogP contribution in [0, 0.1) is 0 Å². The number of carbonyl (C=O) groups is 1. The van der Waals surface area contributed by atoms with E-state index in [0.717, 1.165) is 18.4 Å². The molecule has 1 fully saturated rings. The number of nitrogens with two attached hydrogens (primary N) is 1. The molecule has 2 N–H and O–H groups in total. The van der Waals surface area contributed by atoms with Crippen LogP contribution in [-0.4, -0.2) is 36.1 Å². The number of ether oxygens (including phenoxy) is 2. The third kappa shape index (κ3) is 2.20. The van der Waals surface area contributed by atoms with Gasteiger partial charge in [-0.25, -0.2) is 9.48 Å². The molecule has 0 spiro atoms. The first kappa shape index (κ1) is 12.9. The molecule has 1 aromatic heterocycles. The van der Waals surface area contributed by atoms with Crippen LogP contribution < -0.4 is 5.73 Å². The van der Waals surface area contributed by atoms with Gasteiger partial charge in [-0.15, -0.1) is 0 Å². The quantitative estimate of drug-likeness (QED) is 0.818. The van der Waals surface area contributed by atoms with E-state index >= 15 is 0 Å². The van der Waals surface area contributed by atoms with Gasteiger partial charge in [-0.3, -0.25) is 0 Å². The van der Waals surface area contributed by atoms with Crippen molar-refractivity contribution in [3.8, 4) is 0 Å². The predicted octanol–water partition coefficient (Wildman–Crippen LogP) is 1.17. The molecule has 0 radical (unpaired) electrons. The fourth-order valence-electron chi connectivity index (χ4n) is 2.37. The number of nitrogen functional groups attached to an aromatic ring is 1. The van der Waals surface area contributed by atoms with Crippen molar-refractivity contribution >= 4 is 11.8 Å². The second-order valence-corrected chi connectivity index (χ2v) is 4.34. The van der Waals surface area contributed by atoms with Gasteiger partial charge in [-0.1, -0.05) is 0 Å². The Bertz CT molecular complexity index is 436. The molecule has 0 atom stereocenters. The Kier molecular flexibility index (Phi) is 3.86. The zero-order valence-electron chi connectivity index (χ0n) is 10.8. The van der Waals surface area contributed by atoms with Gasteiger partial charge in [-0.2, -0.15) is 5.10 Å². The fraction of sp³-hybridized carbons (Fsp3) is 0.667. The van der Waals surface area contributed by atoms with E-state index in [0.29, 0.717) is 31.3 Å². The number of hydrogen-bond donors (Lipinski definition) is 1. The molecule has 1 aliphatic heterocycles. The first-order valence-electron chi connectivity index (χ1n) is 6.21. The number of anilines is 1. The average molecular weight is 253 g/mol. The Morgan fingerprint density at radius 1 is 1.56 bits per heavy atom. The maximum absolute atomic E-state index is 11.8. The van der Waals surface area contributed by atoms with Gasteiger partial charge >= 0.3 is 5.97 Å². The molecule has 18 heavy (non-hydrogen) atoms. The Labute approximate surface area is 106 Å². The van der Waals surface area contributed by atoms with Crippen molar-refractivity contribution < 1.29 is 14.3 Å². The van der Waals surface area contributed by atoms with Crippen molar-refractivity contribution in [2.75, 3.05) is 26.1 Å². The SMILES string of the molecule is CCn1nc(C(=O)OC)c(C2CCOCC2)c1N. The van der Waals surface area contributed by atoms with Gasteiger partial charge in [0.2, 0.25) is 0 Å². The first-order valence-corrected chi connectivity index (χ1v) is 6.21. The zero-order valence-corrected chi connectivity index (χ0v) is 10.8. The summed E-state index contributed by atoms with van der Waals surface area (Å²) < 4.78 is 11.8. The van der Waals surface area contributed by atoms with E-state index in [4.69, 9.17) is 15.2 Å². The van der Waals surface area contributed by atoms with Crippen molar-refractivity contribution in [3.63, 3.8) is 0 Å².